The minimum Gasteiger partial charge on any atom is -0.456 e. The van der Waals surface area contributed by atoms with Crippen LogP contribution in [0, 0.1) is 0 Å². The molecule has 1 aliphatic heterocycles. The molecule has 3 nitrogen and oxygen atoms in total. The molecule has 0 aliphatic carbocycles. The molecule has 0 radical (unpaired) electrons. The average molecular weight is 280 g/mol. The van der Waals surface area contributed by atoms with E-state index in [0.717, 1.165) is 19.3 Å². The summed E-state index contributed by atoms with van der Waals surface area (Å²) in [6.45, 7) is 5.44. The Hall–Kier alpha value is -1.09. The van der Waals surface area contributed by atoms with Gasteiger partial charge >= 0.3 is 5.97 Å². The fourth-order valence-electron chi connectivity index (χ4n) is 2.45. The number of carbonyl (C=O) groups is 1. The first kappa shape index (κ1) is 17.0. The molecule has 0 saturated carbocycles. The largest absolute Gasteiger partial charge is 0.456 e. The molecular formula is C17H28O3. The van der Waals surface area contributed by atoms with Crippen LogP contribution in [0.2, 0.25) is 0 Å². The number of aliphatic hydroxyl groups is 1. The summed E-state index contributed by atoms with van der Waals surface area (Å²) in [5, 5.41) is 9.75. The molecule has 0 aromatic heterocycles. The molecule has 3 heteroatoms. The van der Waals surface area contributed by atoms with Gasteiger partial charge in [0.1, 0.15) is 12.2 Å². The summed E-state index contributed by atoms with van der Waals surface area (Å²) in [6.07, 6.45) is 13.3. The van der Waals surface area contributed by atoms with Crippen LogP contribution in [-0.2, 0) is 9.53 Å². The van der Waals surface area contributed by atoms with E-state index in [1.54, 1.807) is 6.92 Å². The van der Waals surface area contributed by atoms with Crippen molar-refractivity contribution in [2.24, 2.45) is 0 Å². The maximum absolute atomic E-state index is 11.4. The number of allylic oxidation sites excluding steroid dienone is 2. The fraction of sp³-hybridized carbons (Fsp3) is 0.706. The number of esters is 1. The summed E-state index contributed by atoms with van der Waals surface area (Å²) in [4.78, 5) is 11.4. The van der Waals surface area contributed by atoms with Crippen molar-refractivity contribution in [1.29, 1.82) is 0 Å². The number of hydrogen-bond acceptors (Lipinski definition) is 3. The zero-order valence-corrected chi connectivity index (χ0v) is 12.6. The van der Waals surface area contributed by atoms with Crippen molar-refractivity contribution in [3.63, 3.8) is 0 Å². The summed E-state index contributed by atoms with van der Waals surface area (Å²) in [6, 6.07) is 0. The first-order chi connectivity index (χ1) is 9.66. The number of rotatable bonds is 10. The van der Waals surface area contributed by atoms with E-state index in [2.05, 4.69) is 6.58 Å². The number of aliphatic hydroxyl groups excluding tert-OH is 1. The van der Waals surface area contributed by atoms with Crippen LogP contribution < -0.4 is 0 Å². The average Bonchev–Trinajstić information content (AvgIpc) is 2.67. The van der Waals surface area contributed by atoms with Crippen molar-refractivity contribution < 1.29 is 14.6 Å². The Morgan fingerprint density at radius 2 is 1.65 bits per heavy atom. The Morgan fingerprint density at radius 3 is 2.15 bits per heavy atom. The second kappa shape index (κ2) is 9.76. The zero-order valence-electron chi connectivity index (χ0n) is 12.6. The van der Waals surface area contributed by atoms with Gasteiger partial charge in [0, 0.05) is 0 Å². The number of hydrogen-bond donors (Lipinski definition) is 1. The van der Waals surface area contributed by atoms with Crippen LogP contribution in [-0.4, -0.2) is 23.3 Å². The molecule has 20 heavy (non-hydrogen) atoms. The molecule has 1 aliphatic rings. The Labute approximate surface area is 122 Å². The van der Waals surface area contributed by atoms with Crippen molar-refractivity contribution >= 4 is 5.97 Å². The van der Waals surface area contributed by atoms with E-state index in [4.69, 9.17) is 4.74 Å². The zero-order chi connectivity index (χ0) is 14.8. The highest BCUT2D eigenvalue weighted by Gasteiger charge is 2.34. The monoisotopic (exact) mass is 280 g/mol. The van der Waals surface area contributed by atoms with Gasteiger partial charge in [0.05, 0.1) is 5.57 Å². The predicted molar refractivity (Wildman–Crippen MR) is 81.4 cm³/mol. The SMILES string of the molecule is C=CCCCCCCCCC/C=C1\C(=O)O[C@H](C)[C@H]1O. The fourth-order valence-corrected chi connectivity index (χ4v) is 2.45. The first-order valence-electron chi connectivity index (χ1n) is 7.86. The van der Waals surface area contributed by atoms with Gasteiger partial charge in [-0.2, -0.15) is 0 Å². The van der Waals surface area contributed by atoms with Gasteiger partial charge < -0.3 is 9.84 Å². The lowest BCUT2D eigenvalue weighted by molar-refractivity contribution is -0.138. The molecule has 1 N–H and O–H groups in total. The third kappa shape index (κ3) is 5.91. The van der Waals surface area contributed by atoms with Crippen LogP contribution in [0.5, 0.6) is 0 Å². The van der Waals surface area contributed by atoms with Gasteiger partial charge in [-0.25, -0.2) is 4.79 Å². The standard InChI is InChI=1S/C17H28O3/c1-3-4-5-6-7-8-9-10-11-12-13-15-16(18)14(2)20-17(15)19/h3,13-14,16,18H,1,4-12H2,2H3/b15-13-/t14-,16-/m1/s1. The van der Waals surface area contributed by atoms with E-state index in [9.17, 15) is 9.90 Å². The van der Waals surface area contributed by atoms with Crippen LogP contribution >= 0.6 is 0 Å². The summed E-state index contributed by atoms with van der Waals surface area (Å²) in [5.41, 5.74) is 0.446. The van der Waals surface area contributed by atoms with Crippen molar-refractivity contribution in [2.75, 3.05) is 0 Å². The van der Waals surface area contributed by atoms with Crippen LogP contribution in [0.1, 0.15) is 64.7 Å². The summed E-state index contributed by atoms with van der Waals surface area (Å²) in [7, 11) is 0. The van der Waals surface area contributed by atoms with Crippen LogP contribution in [0.15, 0.2) is 24.3 Å². The van der Waals surface area contributed by atoms with E-state index in [0.29, 0.717) is 5.57 Å². The van der Waals surface area contributed by atoms with E-state index in [1.165, 1.54) is 38.5 Å². The highest BCUT2D eigenvalue weighted by molar-refractivity contribution is 5.92. The summed E-state index contributed by atoms with van der Waals surface area (Å²) in [5.74, 6) is -0.354. The molecule has 2 atom stereocenters. The van der Waals surface area contributed by atoms with Gasteiger partial charge in [0.15, 0.2) is 0 Å². The van der Waals surface area contributed by atoms with Gasteiger partial charge in [-0.1, -0.05) is 44.3 Å². The molecular weight excluding hydrogens is 252 g/mol. The normalized spacial score (nSPS) is 24.1. The predicted octanol–water partition coefficient (Wildman–Crippen LogP) is 3.92. The number of cyclic esters (lactones) is 1. The molecule has 114 valence electrons. The quantitative estimate of drug-likeness (QED) is 0.285. The maximum atomic E-state index is 11.4. The number of carbonyl (C=O) groups excluding carboxylic acids is 1. The summed E-state index contributed by atoms with van der Waals surface area (Å²) >= 11 is 0. The van der Waals surface area contributed by atoms with Gasteiger partial charge in [0.25, 0.3) is 0 Å². The molecule has 0 aromatic rings. The van der Waals surface area contributed by atoms with Crippen molar-refractivity contribution in [1.82, 2.24) is 0 Å². The van der Waals surface area contributed by atoms with E-state index >= 15 is 0 Å². The van der Waals surface area contributed by atoms with E-state index in [-0.39, 0.29) is 5.97 Å². The minimum atomic E-state index is -0.743. The third-order valence-electron chi connectivity index (χ3n) is 3.77. The van der Waals surface area contributed by atoms with E-state index in [1.807, 2.05) is 12.2 Å². The highest BCUT2D eigenvalue weighted by Crippen LogP contribution is 2.22. The Morgan fingerprint density at radius 1 is 1.10 bits per heavy atom. The lowest BCUT2D eigenvalue weighted by Crippen LogP contribution is -2.17. The van der Waals surface area contributed by atoms with Gasteiger partial charge in [-0.3, -0.25) is 0 Å². The summed E-state index contributed by atoms with van der Waals surface area (Å²) < 4.78 is 4.96. The van der Waals surface area contributed by atoms with E-state index < -0.39 is 12.2 Å². The van der Waals surface area contributed by atoms with Crippen LogP contribution in [0.25, 0.3) is 0 Å². The van der Waals surface area contributed by atoms with Crippen LogP contribution in [0.3, 0.4) is 0 Å². The molecule has 0 aromatic carbocycles. The smallest absolute Gasteiger partial charge is 0.336 e. The molecule has 1 saturated heterocycles. The lowest BCUT2D eigenvalue weighted by atomic mass is 10.0. The lowest BCUT2D eigenvalue weighted by Gasteiger charge is -2.04. The number of unbranched alkanes of at least 4 members (excludes halogenated alkanes) is 8. The third-order valence-corrected chi connectivity index (χ3v) is 3.77. The highest BCUT2D eigenvalue weighted by atomic mass is 16.6. The second-order valence-electron chi connectivity index (χ2n) is 5.56. The second-order valence-corrected chi connectivity index (χ2v) is 5.56. The van der Waals surface area contributed by atoms with Crippen molar-refractivity contribution in [3.05, 3.63) is 24.3 Å². The molecule has 1 heterocycles. The number of ether oxygens (including phenoxy) is 1. The topological polar surface area (TPSA) is 46.5 Å². The molecule has 0 amide bonds. The Balaban J connectivity index is 2.02. The van der Waals surface area contributed by atoms with Crippen molar-refractivity contribution in [3.8, 4) is 0 Å². The molecule has 0 bridgehead atoms. The van der Waals surface area contributed by atoms with Gasteiger partial charge in [0.2, 0.25) is 0 Å². The maximum Gasteiger partial charge on any atom is 0.336 e. The molecule has 1 fully saturated rings. The minimum absolute atomic E-state index is 0.354. The Bertz CT molecular complexity index is 333. The van der Waals surface area contributed by atoms with Gasteiger partial charge in [-0.15, -0.1) is 6.58 Å². The van der Waals surface area contributed by atoms with Gasteiger partial charge in [-0.05, 0) is 32.6 Å². The Kier molecular flexibility index (Phi) is 8.28. The molecule has 0 unspecified atom stereocenters. The molecule has 0 spiro atoms. The van der Waals surface area contributed by atoms with Crippen LogP contribution in [0.4, 0.5) is 0 Å². The van der Waals surface area contributed by atoms with Crippen molar-refractivity contribution in [2.45, 2.75) is 76.9 Å². The first-order valence-corrected chi connectivity index (χ1v) is 7.86. The molecule has 1 rings (SSSR count).